The van der Waals surface area contributed by atoms with Crippen molar-refractivity contribution in [3.05, 3.63) is 53.6 Å². The number of aliphatic hydroxyl groups excluding tert-OH is 1. The molecule has 36 heavy (non-hydrogen) atoms. The normalized spacial score (nSPS) is 28.2. The Morgan fingerprint density at radius 2 is 1.75 bits per heavy atom. The fourth-order valence-corrected chi connectivity index (χ4v) is 6.00. The van der Waals surface area contributed by atoms with Crippen molar-refractivity contribution < 1.29 is 29.0 Å². The number of carbonyl (C=O) groups excluding carboxylic acids is 3. The van der Waals surface area contributed by atoms with Gasteiger partial charge in [-0.3, -0.25) is 14.4 Å². The average Bonchev–Trinajstić information content (AvgIpc) is 3.50. The molecule has 3 aliphatic heterocycles. The lowest BCUT2D eigenvalue weighted by Gasteiger charge is -2.33. The molecule has 3 N–H and O–H groups in total. The zero-order chi connectivity index (χ0) is 25.4. The van der Waals surface area contributed by atoms with Gasteiger partial charge in [-0.1, -0.05) is 11.6 Å². The van der Waals surface area contributed by atoms with E-state index in [2.05, 4.69) is 10.6 Å². The van der Waals surface area contributed by atoms with Gasteiger partial charge in [-0.2, -0.15) is 0 Å². The van der Waals surface area contributed by atoms with Crippen molar-refractivity contribution in [2.75, 3.05) is 30.4 Å². The van der Waals surface area contributed by atoms with Gasteiger partial charge < -0.3 is 30.1 Å². The molecule has 9 nitrogen and oxygen atoms in total. The summed E-state index contributed by atoms with van der Waals surface area (Å²) in [4.78, 5) is 41.9. The van der Waals surface area contributed by atoms with Gasteiger partial charge >= 0.3 is 0 Å². The molecule has 0 aliphatic carbocycles. The van der Waals surface area contributed by atoms with Crippen molar-refractivity contribution in [2.24, 2.45) is 11.8 Å². The molecule has 3 fully saturated rings. The summed E-state index contributed by atoms with van der Waals surface area (Å²) in [6.07, 6.45) is 0.563. The average molecular weight is 514 g/mol. The van der Waals surface area contributed by atoms with E-state index in [1.807, 2.05) is 6.92 Å². The smallest absolute Gasteiger partial charge is 0.250 e. The predicted molar refractivity (Wildman–Crippen MR) is 133 cm³/mol. The van der Waals surface area contributed by atoms with Gasteiger partial charge in [-0.15, -0.1) is 0 Å². The molecule has 3 heterocycles. The predicted octanol–water partition coefficient (Wildman–Crippen LogP) is 2.68. The number of nitrogens with one attached hydrogen (secondary N) is 2. The molecular weight excluding hydrogens is 486 g/mol. The number of benzene rings is 2. The van der Waals surface area contributed by atoms with Crippen molar-refractivity contribution in [2.45, 2.75) is 37.5 Å². The third-order valence-electron chi connectivity index (χ3n) is 7.24. The highest BCUT2D eigenvalue weighted by molar-refractivity contribution is 6.30. The number of likely N-dealkylation sites (tertiary alicyclic amines) is 1. The van der Waals surface area contributed by atoms with E-state index in [-0.39, 0.29) is 25.0 Å². The first kappa shape index (κ1) is 24.5. The monoisotopic (exact) mass is 513 g/mol. The van der Waals surface area contributed by atoms with Gasteiger partial charge in [-0.25, -0.2) is 0 Å². The zero-order valence-electron chi connectivity index (χ0n) is 19.8. The Bertz CT molecular complexity index is 1160. The molecule has 5 rings (SSSR count). The molecule has 2 unspecified atom stereocenters. The maximum Gasteiger partial charge on any atom is 0.250 e. The molecule has 3 saturated heterocycles. The van der Waals surface area contributed by atoms with Gasteiger partial charge in [0.1, 0.15) is 17.4 Å². The van der Waals surface area contributed by atoms with Crippen molar-refractivity contribution in [3.8, 4) is 5.75 Å². The van der Waals surface area contributed by atoms with Crippen LogP contribution in [-0.2, 0) is 19.1 Å². The second kappa shape index (κ2) is 9.72. The molecule has 2 bridgehead atoms. The first-order chi connectivity index (χ1) is 17.4. The van der Waals surface area contributed by atoms with Crippen LogP contribution in [0.4, 0.5) is 11.4 Å². The van der Waals surface area contributed by atoms with Gasteiger partial charge in [-0.05, 0) is 68.3 Å². The van der Waals surface area contributed by atoms with Crippen molar-refractivity contribution >= 4 is 40.7 Å². The molecule has 0 radical (unpaired) electrons. The number of anilines is 2. The first-order valence-electron chi connectivity index (χ1n) is 12.1. The second-order valence-corrected chi connectivity index (χ2v) is 9.69. The molecule has 3 amide bonds. The Labute approximate surface area is 213 Å². The van der Waals surface area contributed by atoms with E-state index in [0.717, 1.165) is 0 Å². The maximum atomic E-state index is 13.6. The van der Waals surface area contributed by atoms with Crippen LogP contribution in [0, 0.1) is 11.8 Å². The van der Waals surface area contributed by atoms with Gasteiger partial charge in [0.25, 0.3) is 0 Å². The molecular formula is C26H28ClN3O6. The van der Waals surface area contributed by atoms with Crippen molar-refractivity contribution in [1.82, 2.24) is 4.90 Å². The molecule has 0 saturated carbocycles. The van der Waals surface area contributed by atoms with Crippen LogP contribution < -0.4 is 15.4 Å². The minimum absolute atomic E-state index is 0.0307. The summed E-state index contributed by atoms with van der Waals surface area (Å²) in [7, 11) is 0. The largest absolute Gasteiger partial charge is 0.494 e. The number of nitrogens with zero attached hydrogens (tertiary/aromatic N) is 1. The fraction of sp³-hybridized carbons (Fsp3) is 0.423. The van der Waals surface area contributed by atoms with Gasteiger partial charge in [0, 0.05) is 22.9 Å². The van der Waals surface area contributed by atoms with Crippen molar-refractivity contribution in [1.29, 1.82) is 0 Å². The van der Waals surface area contributed by atoms with Gasteiger partial charge in [0.15, 0.2) is 0 Å². The van der Waals surface area contributed by atoms with E-state index in [1.165, 1.54) is 4.90 Å². The molecule has 10 heteroatoms. The number of carbonyl (C=O) groups is 3. The highest BCUT2D eigenvalue weighted by Gasteiger charge is 2.74. The molecule has 2 aromatic carbocycles. The summed E-state index contributed by atoms with van der Waals surface area (Å²) in [6, 6.07) is 12.7. The summed E-state index contributed by atoms with van der Waals surface area (Å²) in [5, 5.41) is 15.9. The first-order valence-corrected chi connectivity index (χ1v) is 12.4. The molecule has 0 aromatic heterocycles. The van der Waals surface area contributed by atoms with E-state index in [9.17, 15) is 19.5 Å². The number of fused-ring (bicyclic) bond motifs is 1. The van der Waals surface area contributed by atoms with Crippen LogP contribution in [0.1, 0.15) is 19.8 Å². The van der Waals surface area contributed by atoms with Crippen LogP contribution in [0.15, 0.2) is 48.5 Å². The molecule has 3 aliphatic rings. The zero-order valence-corrected chi connectivity index (χ0v) is 20.5. The van der Waals surface area contributed by atoms with Gasteiger partial charge in [0.05, 0.1) is 31.2 Å². The highest BCUT2D eigenvalue weighted by Crippen LogP contribution is 2.58. The summed E-state index contributed by atoms with van der Waals surface area (Å²) in [5.74, 6) is -1.97. The second-order valence-electron chi connectivity index (χ2n) is 9.25. The number of hydrogen-bond donors (Lipinski definition) is 3. The van der Waals surface area contributed by atoms with E-state index in [1.54, 1.807) is 48.5 Å². The van der Waals surface area contributed by atoms with Crippen LogP contribution in [-0.4, -0.2) is 65.2 Å². The maximum absolute atomic E-state index is 13.6. The lowest BCUT2D eigenvalue weighted by Crippen LogP contribution is -2.53. The highest BCUT2D eigenvalue weighted by atomic mass is 35.5. The Balaban J connectivity index is 1.40. The van der Waals surface area contributed by atoms with Crippen LogP contribution in [0.25, 0.3) is 0 Å². The number of β-amino-alcohol motifs (C(OH)–C–C–N with tert-alkyl or cyclic N) is 1. The van der Waals surface area contributed by atoms with E-state index < -0.39 is 35.5 Å². The summed E-state index contributed by atoms with van der Waals surface area (Å²) >= 11 is 5.95. The Kier molecular flexibility index (Phi) is 6.63. The van der Waals surface area contributed by atoms with Crippen LogP contribution in [0.3, 0.4) is 0 Å². The Morgan fingerprint density at radius 1 is 1.11 bits per heavy atom. The van der Waals surface area contributed by atoms with Crippen molar-refractivity contribution in [3.63, 3.8) is 0 Å². The van der Waals surface area contributed by atoms with E-state index >= 15 is 0 Å². The van der Waals surface area contributed by atoms with Crippen LogP contribution >= 0.6 is 11.6 Å². The third-order valence-corrected chi connectivity index (χ3v) is 7.49. The summed E-state index contributed by atoms with van der Waals surface area (Å²) < 4.78 is 11.8. The quantitative estimate of drug-likeness (QED) is 0.499. The number of rotatable bonds is 8. The Morgan fingerprint density at radius 3 is 2.39 bits per heavy atom. The van der Waals surface area contributed by atoms with Crippen LogP contribution in [0.5, 0.6) is 5.75 Å². The standard InChI is InChI=1S/C26H28ClN3O6/c1-2-35-18-9-7-17(8-10-18)28-23(32)20-19-11-12-26(36-19)21(20)25(34)30(13-14-31)22(26)24(33)29-16-5-3-15(27)4-6-16/h3-10,19-22,31H,2,11-14H2,1H3,(H,28,32)(H,29,33)/t19-,20+,21+,22?,26?/m1/s1. The van der Waals surface area contributed by atoms with Crippen LogP contribution in [0.2, 0.25) is 5.02 Å². The minimum Gasteiger partial charge on any atom is -0.494 e. The molecule has 190 valence electrons. The van der Waals surface area contributed by atoms with Gasteiger partial charge in [0.2, 0.25) is 17.7 Å². The topological polar surface area (TPSA) is 117 Å². The number of halogens is 1. The third kappa shape index (κ3) is 4.11. The number of aliphatic hydroxyl groups is 1. The van der Waals surface area contributed by atoms with E-state index in [0.29, 0.717) is 41.6 Å². The lowest BCUT2D eigenvalue weighted by atomic mass is 9.70. The SMILES string of the molecule is CCOc1ccc(NC(=O)[C@@H]2[C@H]3C(=O)N(CCO)C(C(=O)Nc4ccc(Cl)cc4)C34CC[C@H]2O4)cc1. The molecule has 5 atom stereocenters. The number of ether oxygens (including phenoxy) is 2. The number of hydrogen-bond acceptors (Lipinski definition) is 6. The molecule has 2 aromatic rings. The minimum atomic E-state index is -1.13. The summed E-state index contributed by atoms with van der Waals surface area (Å²) in [5.41, 5.74) is -0.0261. The fourth-order valence-electron chi connectivity index (χ4n) is 5.87. The molecule has 1 spiro atoms. The Hall–Kier alpha value is -3.14. The lowest BCUT2D eigenvalue weighted by molar-refractivity contribution is -0.140. The van der Waals surface area contributed by atoms with E-state index in [4.69, 9.17) is 21.1 Å². The number of amides is 3. The summed E-state index contributed by atoms with van der Waals surface area (Å²) in [6.45, 7) is 2.08.